The Morgan fingerprint density at radius 2 is 1.41 bits per heavy atom. The highest BCUT2D eigenvalue weighted by Gasteiger charge is 2.01. The van der Waals surface area contributed by atoms with Gasteiger partial charge in [-0.3, -0.25) is 0 Å². The maximum absolute atomic E-state index is 4.11. The molecule has 0 aromatic carbocycles. The van der Waals surface area contributed by atoms with Gasteiger partial charge < -0.3 is 10.6 Å². The monoisotopic (exact) mass is 350 g/mol. The van der Waals surface area contributed by atoms with Gasteiger partial charge >= 0.3 is 0 Å². The van der Waals surface area contributed by atoms with Crippen LogP contribution in [0.2, 0.25) is 0 Å². The minimum absolute atomic E-state index is 0. The molecule has 0 radical (unpaired) electrons. The van der Waals surface area contributed by atoms with Crippen LogP contribution in [0.25, 0.3) is 0 Å². The fourth-order valence-corrected chi connectivity index (χ4v) is 1.21. The highest BCUT2D eigenvalue weighted by Crippen LogP contribution is 1.80. The van der Waals surface area contributed by atoms with Gasteiger partial charge in [-0.1, -0.05) is 0 Å². The molecule has 0 unspecified atom stereocenters. The van der Waals surface area contributed by atoms with Crippen LogP contribution in [0.3, 0.4) is 0 Å². The van der Waals surface area contributed by atoms with Crippen molar-refractivity contribution >= 4 is 48.3 Å². The van der Waals surface area contributed by atoms with Gasteiger partial charge in [-0.15, -0.1) is 24.0 Å². The van der Waals surface area contributed by atoms with E-state index in [1.807, 2.05) is 0 Å². The maximum atomic E-state index is 4.11. The molecule has 0 bridgehead atoms. The molecule has 2 rings (SSSR count). The molecule has 9 heteroatoms. The van der Waals surface area contributed by atoms with E-state index >= 15 is 0 Å². The summed E-state index contributed by atoms with van der Waals surface area (Å²) in [7, 11) is 0. The highest BCUT2D eigenvalue weighted by atomic mass is 127. The van der Waals surface area contributed by atoms with Crippen LogP contribution in [-0.4, -0.2) is 50.5 Å². The van der Waals surface area contributed by atoms with Gasteiger partial charge in [0.15, 0.2) is 0 Å². The van der Waals surface area contributed by atoms with Gasteiger partial charge in [0.2, 0.25) is 11.9 Å². The molecule has 8 nitrogen and oxygen atoms in total. The largest absolute Gasteiger partial charge is 0.353 e. The van der Waals surface area contributed by atoms with Crippen molar-refractivity contribution in [3.63, 3.8) is 0 Å². The van der Waals surface area contributed by atoms with Crippen LogP contribution in [0.5, 0.6) is 0 Å². The Bertz CT molecular complexity index is 313. The highest BCUT2D eigenvalue weighted by molar-refractivity contribution is 14.0. The molecular formula is C8H15IN8. The van der Waals surface area contributed by atoms with Gasteiger partial charge in [-0.25, -0.2) is 20.8 Å². The van der Waals surface area contributed by atoms with Crippen molar-refractivity contribution in [3.8, 4) is 0 Å². The molecule has 0 amide bonds. The van der Waals surface area contributed by atoms with E-state index in [9.17, 15) is 0 Å². The number of hydrazone groups is 2. The van der Waals surface area contributed by atoms with E-state index in [0.29, 0.717) is 11.9 Å². The topological polar surface area (TPSA) is 97.6 Å². The molecule has 17 heavy (non-hydrogen) atoms. The summed E-state index contributed by atoms with van der Waals surface area (Å²) in [5.74, 6) is 1.39. The van der Waals surface area contributed by atoms with Crippen molar-refractivity contribution < 1.29 is 0 Å². The predicted molar refractivity (Wildman–Crippen MR) is 79.3 cm³/mol. The second-order valence-electron chi connectivity index (χ2n) is 3.09. The lowest BCUT2D eigenvalue weighted by Gasteiger charge is -1.98. The average molecular weight is 350 g/mol. The third-order valence-electron chi connectivity index (χ3n) is 1.90. The van der Waals surface area contributed by atoms with Crippen molar-refractivity contribution in [2.24, 2.45) is 20.2 Å². The van der Waals surface area contributed by atoms with Crippen LogP contribution >= 0.6 is 24.0 Å². The van der Waals surface area contributed by atoms with Crippen molar-refractivity contribution in [1.29, 1.82) is 0 Å². The Kier molecular flexibility index (Phi) is 6.29. The zero-order valence-electron chi connectivity index (χ0n) is 9.18. The van der Waals surface area contributed by atoms with Gasteiger partial charge in [0.25, 0.3) is 0 Å². The molecule has 0 atom stereocenters. The summed E-state index contributed by atoms with van der Waals surface area (Å²) in [5, 5.41) is 13.9. The van der Waals surface area contributed by atoms with Crippen LogP contribution in [0.4, 0.5) is 0 Å². The quantitative estimate of drug-likeness (QED) is 0.288. The Balaban J connectivity index is 0.00000144. The molecule has 94 valence electrons. The standard InChI is InChI=1S/C8H14N8.HI/c1-2-10-7(9-1)15-13-5-6-14-16-8-11-3-4-12-8;/h5-6H,1-4H2,(H2,9,10,15)(H2,11,12,16);1H/b13-5+,14-6+;. The Morgan fingerprint density at radius 1 is 0.941 bits per heavy atom. The minimum Gasteiger partial charge on any atom is -0.353 e. The molecule has 4 N–H and O–H groups in total. The zero-order chi connectivity index (χ0) is 11.1. The first-order valence-corrected chi connectivity index (χ1v) is 5.08. The van der Waals surface area contributed by atoms with Gasteiger partial charge in [0, 0.05) is 13.1 Å². The van der Waals surface area contributed by atoms with Gasteiger partial charge in [-0.05, 0) is 0 Å². The fourth-order valence-electron chi connectivity index (χ4n) is 1.21. The van der Waals surface area contributed by atoms with Crippen LogP contribution in [0.15, 0.2) is 20.2 Å². The molecule has 2 heterocycles. The number of rotatable bonds is 3. The summed E-state index contributed by atoms with van der Waals surface area (Å²) in [6, 6.07) is 0. The Hall–Kier alpha value is -1.39. The van der Waals surface area contributed by atoms with E-state index in [2.05, 4.69) is 41.7 Å². The van der Waals surface area contributed by atoms with E-state index in [4.69, 9.17) is 0 Å². The molecule has 0 aromatic rings. The van der Waals surface area contributed by atoms with E-state index in [0.717, 1.165) is 26.2 Å². The first-order valence-electron chi connectivity index (χ1n) is 5.08. The van der Waals surface area contributed by atoms with Gasteiger partial charge in [0.1, 0.15) is 0 Å². The van der Waals surface area contributed by atoms with Crippen molar-refractivity contribution in [2.75, 3.05) is 26.2 Å². The fraction of sp³-hybridized carbons (Fsp3) is 0.500. The molecule has 0 aromatic heterocycles. The summed E-state index contributed by atoms with van der Waals surface area (Å²) in [6.45, 7) is 3.30. The third-order valence-corrected chi connectivity index (χ3v) is 1.90. The van der Waals surface area contributed by atoms with Crippen molar-refractivity contribution in [2.45, 2.75) is 0 Å². The zero-order valence-corrected chi connectivity index (χ0v) is 11.5. The lowest BCUT2D eigenvalue weighted by atomic mass is 10.7. The predicted octanol–water partition coefficient (Wildman–Crippen LogP) is -1.33. The number of hydrogen-bond acceptors (Lipinski definition) is 8. The Morgan fingerprint density at radius 3 is 1.76 bits per heavy atom. The van der Waals surface area contributed by atoms with E-state index in [1.54, 1.807) is 0 Å². The second-order valence-corrected chi connectivity index (χ2v) is 3.09. The lowest BCUT2D eigenvalue weighted by Crippen LogP contribution is -2.30. The number of halogens is 1. The smallest absolute Gasteiger partial charge is 0.212 e. The summed E-state index contributed by atoms with van der Waals surface area (Å²) < 4.78 is 0. The molecule has 2 aliphatic rings. The maximum Gasteiger partial charge on any atom is 0.212 e. The van der Waals surface area contributed by atoms with Crippen LogP contribution < -0.4 is 21.5 Å². The average Bonchev–Trinajstić information content (AvgIpc) is 2.96. The summed E-state index contributed by atoms with van der Waals surface area (Å²) in [6.07, 6.45) is 3.07. The number of nitrogens with zero attached hydrogens (tertiary/aromatic N) is 4. The second kappa shape index (κ2) is 7.81. The summed E-state index contributed by atoms with van der Waals surface area (Å²) in [5.41, 5.74) is 5.51. The number of aliphatic imine (C=N–C) groups is 2. The van der Waals surface area contributed by atoms with E-state index in [-0.39, 0.29) is 24.0 Å². The number of hydrogen-bond donors (Lipinski definition) is 4. The van der Waals surface area contributed by atoms with Crippen LogP contribution in [0.1, 0.15) is 0 Å². The van der Waals surface area contributed by atoms with Crippen LogP contribution in [-0.2, 0) is 0 Å². The van der Waals surface area contributed by atoms with Crippen molar-refractivity contribution in [3.05, 3.63) is 0 Å². The third kappa shape index (κ3) is 4.97. The normalized spacial score (nSPS) is 18.4. The SMILES string of the molecule is C(/C=N/NC1=NCCN1)=N\NC1=NCCN1.I. The Labute approximate surface area is 116 Å². The number of guanidine groups is 2. The van der Waals surface area contributed by atoms with Gasteiger partial charge in [-0.2, -0.15) is 10.2 Å². The van der Waals surface area contributed by atoms with E-state index < -0.39 is 0 Å². The lowest BCUT2D eigenvalue weighted by molar-refractivity contribution is 0.917. The first-order chi connectivity index (χ1) is 7.95. The molecule has 2 aliphatic heterocycles. The van der Waals surface area contributed by atoms with Crippen molar-refractivity contribution in [1.82, 2.24) is 21.5 Å². The minimum atomic E-state index is 0. The number of nitrogens with one attached hydrogen (secondary N) is 4. The molecule has 0 fully saturated rings. The first kappa shape index (κ1) is 13.7. The van der Waals surface area contributed by atoms with Gasteiger partial charge in [0.05, 0.1) is 25.5 Å². The molecule has 0 spiro atoms. The molecule has 0 aliphatic carbocycles. The van der Waals surface area contributed by atoms with E-state index in [1.165, 1.54) is 12.4 Å². The molecular weight excluding hydrogens is 335 g/mol. The molecule has 0 saturated carbocycles. The molecule has 0 saturated heterocycles. The summed E-state index contributed by atoms with van der Waals surface area (Å²) >= 11 is 0. The summed E-state index contributed by atoms with van der Waals surface area (Å²) in [4.78, 5) is 8.22. The van der Waals surface area contributed by atoms with Crippen LogP contribution in [0, 0.1) is 0 Å².